The van der Waals surface area contributed by atoms with Gasteiger partial charge in [0, 0.05) is 13.1 Å². The van der Waals surface area contributed by atoms with Crippen molar-refractivity contribution < 1.29 is 9.90 Å². The molecule has 5 heteroatoms. The van der Waals surface area contributed by atoms with E-state index >= 15 is 0 Å². The van der Waals surface area contributed by atoms with Crippen molar-refractivity contribution in [1.82, 2.24) is 10.6 Å². The highest BCUT2D eigenvalue weighted by Crippen LogP contribution is 2.24. The summed E-state index contributed by atoms with van der Waals surface area (Å²) in [4.78, 5) is 11.7. The van der Waals surface area contributed by atoms with Crippen LogP contribution in [0.5, 0.6) is 0 Å². The second-order valence-corrected chi connectivity index (χ2v) is 6.16. The van der Waals surface area contributed by atoms with Gasteiger partial charge in [-0.15, -0.1) is 0 Å². The topological polar surface area (TPSA) is 61.4 Å². The number of aliphatic hydroxyl groups is 1. The third-order valence-corrected chi connectivity index (χ3v) is 4.45. The number of rotatable bonds is 5. The van der Waals surface area contributed by atoms with E-state index in [-0.39, 0.29) is 12.1 Å². The van der Waals surface area contributed by atoms with Crippen molar-refractivity contribution in [3.8, 4) is 0 Å². The molecule has 4 nitrogen and oxygen atoms in total. The fraction of sp³-hybridized carbons (Fsp3) is 0.643. The Morgan fingerprint density at radius 3 is 3.00 bits per heavy atom. The first-order valence-corrected chi connectivity index (χ1v) is 7.81. The van der Waals surface area contributed by atoms with Gasteiger partial charge in [0.05, 0.1) is 6.10 Å². The quantitative estimate of drug-likeness (QED) is 0.776. The largest absolute Gasteiger partial charge is 0.393 e. The standard InChI is InChI=1S/C14H22N2O2S/c1-10(12-4-5-19-9-12)7-15-14(18)16-8-11-2-3-13(17)6-11/h4-5,9-11,13,17H,2-3,6-8H2,1H3,(H2,15,16,18). The summed E-state index contributed by atoms with van der Waals surface area (Å²) >= 11 is 1.68. The van der Waals surface area contributed by atoms with E-state index in [1.54, 1.807) is 11.3 Å². The summed E-state index contributed by atoms with van der Waals surface area (Å²) in [5.41, 5.74) is 1.27. The number of carbonyl (C=O) groups excluding carboxylic acids is 1. The Bertz CT molecular complexity index is 394. The van der Waals surface area contributed by atoms with Crippen molar-refractivity contribution in [2.75, 3.05) is 13.1 Å². The maximum atomic E-state index is 11.7. The highest BCUT2D eigenvalue weighted by atomic mass is 32.1. The van der Waals surface area contributed by atoms with Crippen molar-refractivity contribution in [3.05, 3.63) is 22.4 Å². The lowest BCUT2D eigenvalue weighted by Crippen LogP contribution is -2.39. The molecule has 3 atom stereocenters. The molecule has 0 aromatic carbocycles. The summed E-state index contributed by atoms with van der Waals surface area (Å²) in [5.74, 6) is 0.764. The number of hydrogen-bond acceptors (Lipinski definition) is 3. The van der Waals surface area contributed by atoms with Gasteiger partial charge in [-0.05, 0) is 53.5 Å². The van der Waals surface area contributed by atoms with Gasteiger partial charge < -0.3 is 15.7 Å². The van der Waals surface area contributed by atoms with Gasteiger partial charge in [0.25, 0.3) is 0 Å². The molecule has 2 rings (SSSR count). The van der Waals surface area contributed by atoms with Gasteiger partial charge in [0.1, 0.15) is 0 Å². The molecule has 3 unspecified atom stereocenters. The van der Waals surface area contributed by atoms with Crippen LogP contribution in [0.3, 0.4) is 0 Å². The van der Waals surface area contributed by atoms with Crippen LogP contribution in [0.1, 0.15) is 37.7 Å². The summed E-state index contributed by atoms with van der Waals surface area (Å²) < 4.78 is 0. The van der Waals surface area contributed by atoms with Gasteiger partial charge in [-0.3, -0.25) is 0 Å². The van der Waals surface area contributed by atoms with E-state index in [9.17, 15) is 9.90 Å². The van der Waals surface area contributed by atoms with Crippen molar-refractivity contribution in [2.24, 2.45) is 5.92 Å². The lowest BCUT2D eigenvalue weighted by molar-refractivity contribution is 0.177. The molecule has 3 N–H and O–H groups in total. The molecule has 0 bridgehead atoms. The smallest absolute Gasteiger partial charge is 0.314 e. The van der Waals surface area contributed by atoms with Gasteiger partial charge in [-0.1, -0.05) is 6.92 Å². The Balaban J connectivity index is 1.62. The van der Waals surface area contributed by atoms with Crippen molar-refractivity contribution in [1.29, 1.82) is 0 Å². The monoisotopic (exact) mass is 282 g/mol. The molecule has 1 heterocycles. The van der Waals surface area contributed by atoms with E-state index < -0.39 is 0 Å². The Kier molecular flexibility index (Phi) is 5.22. The second-order valence-electron chi connectivity index (χ2n) is 5.38. The average Bonchev–Trinajstić information content (AvgIpc) is 3.04. The van der Waals surface area contributed by atoms with Crippen LogP contribution in [-0.4, -0.2) is 30.3 Å². The fourth-order valence-electron chi connectivity index (χ4n) is 2.45. The zero-order chi connectivity index (χ0) is 13.7. The molecule has 1 aromatic heterocycles. The average molecular weight is 282 g/mol. The van der Waals surface area contributed by atoms with Crippen LogP contribution in [0, 0.1) is 5.92 Å². The van der Waals surface area contributed by atoms with Gasteiger partial charge in [-0.25, -0.2) is 4.79 Å². The summed E-state index contributed by atoms with van der Waals surface area (Å²) in [6.07, 6.45) is 2.51. The highest BCUT2D eigenvalue weighted by Gasteiger charge is 2.22. The van der Waals surface area contributed by atoms with Gasteiger partial charge in [0.2, 0.25) is 0 Å². The molecule has 2 amide bonds. The number of urea groups is 1. The Labute approximate surface area is 118 Å². The molecule has 0 radical (unpaired) electrons. The molecule has 1 saturated carbocycles. The predicted molar refractivity (Wildman–Crippen MR) is 77.5 cm³/mol. The zero-order valence-corrected chi connectivity index (χ0v) is 12.1. The summed E-state index contributed by atoms with van der Waals surface area (Å²) in [6, 6.07) is 1.98. The van der Waals surface area contributed by atoms with E-state index in [0.717, 1.165) is 19.3 Å². The third-order valence-electron chi connectivity index (χ3n) is 3.75. The van der Waals surface area contributed by atoms with Crippen LogP contribution in [0.25, 0.3) is 0 Å². The predicted octanol–water partition coefficient (Wildman–Crippen LogP) is 2.31. The van der Waals surface area contributed by atoms with Crippen molar-refractivity contribution in [2.45, 2.75) is 38.2 Å². The minimum Gasteiger partial charge on any atom is -0.393 e. The Hall–Kier alpha value is -1.07. The van der Waals surface area contributed by atoms with Crippen LogP contribution < -0.4 is 10.6 Å². The zero-order valence-electron chi connectivity index (χ0n) is 11.3. The lowest BCUT2D eigenvalue weighted by Gasteiger charge is -2.14. The van der Waals surface area contributed by atoms with Crippen LogP contribution in [0.2, 0.25) is 0 Å². The van der Waals surface area contributed by atoms with Crippen LogP contribution in [0.4, 0.5) is 4.79 Å². The van der Waals surface area contributed by atoms with Crippen LogP contribution in [0.15, 0.2) is 16.8 Å². The Morgan fingerprint density at radius 1 is 1.53 bits per heavy atom. The maximum Gasteiger partial charge on any atom is 0.314 e. The number of thiophene rings is 1. The molecule has 1 fully saturated rings. The highest BCUT2D eigenvalue weighted by molar-refractivity contribution is 7.07. The van der Waals surface area contributed by atoms with Gasteiger partial charge in [-0.2, -0.15) is 11.3 Å². The first-order chi connectivity index (χ1) is 9.15. The minimum atomic E-state index is -0.173. The van der Waals surface area contributed by atoms with Crippen molar-refractivity contribution >= 4 is 17.4 Å². The first-order valence-electron chi connectivity index (χ1n) is 6.87. The van der Waals surface area contributed by atoms with Crippen LogP contribution in [-0.2, 0) is 0 Å². The lowest BCUT2D eigenvalue weighted by atomic mass is 10.1. The molecule has 1 aliphatic rings. The number of amides is 2. The number of carbonyl (C=O) groups is 1. The summed E-state index contributed by atoms with van der Waals surface area (Å²) in [7, 11) is 0. The Morgan fingerprint density at radius 2 is 2.37 bits per heavy atom. The van der Waals surface area contributed by atoms with Gasteiger partial charge >= 0.3 is 6.03 Å². The van der Waals surface area contributed by atoms with E-state index in [0.29, 0.717) is 24.9 Å². The second kappa shape index (κ2) is 6.91. The molecule has 1 aromatic rings. The first kappa shape index (κ1) is 14.3. The normalized spacial score (nSPS) is 24.1. The summed E-state index contributed by atoms with van der Waals surface area (Å²) in [5, 5.41) is 19.4. The van der Waals surface area contributed by atoms with E-state index in [2.05, 4.69) is 34.4 Å². The molecule has 0 aliphatic heterocycles. The van der Waals surface area contributed by atoms with Crippen LogP contribution >= 0.6 is 11.3 Å². The molecular weight excluding hydrogens is 260 g/mol. The van der Waals surface area contributed by atoms with Gasteiger partial charge in [0.15, 0.2) is 0 Å². The molecule has 1 aliphatic carbocycles. The summed E-state index contributed by atoms with van der Waals surface area (Å²) in [6.45, 7) is 3.42. The minimum absolute atomic E-state index is 0.108. The maximum absolute atomic E-state index is 11.7. The molecule has 0 spiro atoms. The van der Waals surface area contributed by atoms with Crippen molar-refractivity contribution in [3.63, 3.8) is 0 Å². The SMILES string of the molecule is CC(CNC(=O)NCC1CCC(O)C1)c1ccsc1. The molecule has 0 saturated heterocycles. The fourth-order valence-corrected chi connectivity index (χ4v) is 3.23. The number of hydrogen-bond donors (Lipinski definition) is 3. The molecule has 19 heavy (non-hydrogen) atoms. The van der Waals surface area contributed by atoms with E-state index in [1.807, 2.05) is 0 Å². The number of nitrogens with one attached hydrogen (secondary N) is 2. The molecular formula is C14H22N2O2S. The number of aliphatic hydroxyl groups excluding tert-OH is 1. The van der Waals surface area contributed by atoms with E-state index in [4.69, 9.17) is 0 Å². The molecule has 106 valence electrons. The third kappa shape index (κ3) is 4.51. The van der Waals surface area contributed by atoms with E-state index in [1.165, 1.54) is 5.56 Å².